The third-order valence-corrected chi connectivity index (χ3v) is 2.89. The van der Waals surface area contributed by atoms with Crippen molar-refractivity contribution >= 4 is 12.4 Å². The number of alkyl halides is 3. The van der Waals surface area contributed by atoms with E-state index in [4.69, 9.17) is 0 Å². The molecule has 2 rings (SSSR count). The second kappa shape index (κ2) is 3.00. The van der Waals surface area contributed by atoms with E-state index in [1.54, 1.807) is 0 Å². The summed E-state index contributed by atoms with van der Waals surface area (Å²) in [5.74, 6) is 0.00150. The van der Waals surface area contributed by atoms with Crippen molar-refractivity contribution in [3.8, 4) is 0 Å². The lowest BCUT2D eigenvalue weighted by molar-refractivity contribution is -0.268. The van der Waals surface area contributed by atoms with Gasteiger partial charge in [-0.2, -0.15) is 13.2 Å². The molecule has 3 unspecified atom stereocenters. The van der Waals surface area contributed by atoms with Crippen LogP contribution in [0.1, 0.15) is 12.8 Å². The van der Waals surface area contributed by atoms with Gasteiger partial charge in [0.25, 0.3) is 0 Å². The summed E-state index contributed by atoms with van der Waals surface area (Å²) in [5.41, 5.74) is -2.46. The molecule has 0 amide bonds. The van der Waals surface area contributed by atoms with Crippen LogP contribution in [0, 0.1) is 5.92 Å². The first kappa shape index (κ1) is 11.1. The first-order chi connectivity index (χ1) is 5.43. The molecule has 3 atom stereocenters. The normalized spacial score (nSPS) is 43.4. The summed E-state index contributed by atoms with van der Waals surface area (Å²) in [6, 6.07) is -0.775. The summed E-state index contributed by atoms with van der Waals surface area (Å²) in [7, 11) is 0. The Morgan fingerprint density at radius 2 is 2.00 bits per heavy atom. The predicted molar refractivity (Wildman–Crippen MR) is 42.8 cm³/mol. The third-order valence-electron chi connectivity index (χ3n) is 2.89. The van der Waals surface area contributed by atoms with E-state index in [-0.39, 0.29) is 24.7 Å². The van der Waals surface area contributed by atoms with Crippen LogP contribution >= 0.6 is 12.4 Å². The lowest BCUT2D eigenvalue weighted by Gasteiger charge is -2.34. The summed E-state index contributed by atoms with van der Waals surface area (Å²) in [5, 5.41) is 12.0. The van der Waals surface area contributed by atoms with Gasteiger partial charge in [0.15, 0.2) is 5.60 Å². The molecule has 1 saturated carbocycles. The lowest BCUT2D eigenvalue weighted by atomic mass is 9.93. The standard InChI is InChI=1S/C7H10F3NO.ClH/c8-7(9,10)6(12)2-4-1-5(6)11-3-4;/h4-5,11-12H,1-3H2;1H. The summed E-state index contributed by atoms with van der Waals surface area (Å²) < 4.78 is 36.9. The smallest absolute Gasteiger partial charge is 0.379 e. The molecule has 13 heavy (non-hydrogen) atoms. The molecular weight excluding hydrogens is 207 g/mol. The van der Waals surface area contributed by atoms with E-state index < -0.39 is 17.8 Å². The minimum atomic E-state index is -4.49. The van der Waals surface area contributed by atoms with Gasteiger partial charge in [0.05, 0.1) is 0 Å². The molecule has 2 aliphatic rings. The van der Waals surface area contributed by atoms with Crippen molar-refractivity contribution in [1.82, 2.24) is 5.32 Å². The van der Waals surface area contributed by atoms with E-state index in [2.05, 4.69) is 5.32 Å². The van der Waals surface area contributed by atoms with E-state index >= 15 is 0 Å². The van der Waals surface area contributed by atoms with Gasteiger partial charge in [-0.1, -0.05) is 0 Å². The fourth-order valence-corrected chi connectivity index (χ4v) is 2.22. The second-order valence-electron chi connectivity index (χ2n) is 3.69. The monoisotopic (exact) mass is 217 g/mol. The average Bonchev–Trinajstić information content (AvgIpc) is 2.43. The van der Waals surface area contributed by atoms with E-state index in [0.717, 1.165) is 0 Å². The Bertz CT molecular complexity index is 210. The molecule has 2 N–H and O–H groups in total. The molecule has 1 aliphatic carbocycles. The van der Waals surface area contributed by atoms with Crippen LogP contribution in [0.4, 0.5) is 13.2 Å². The molecule has 2 fully saturated rings. The Hall–Kier alpha value is -0.0000000000000000486. The van der Waals surface area contributed by atoms with Crippen molar-refractivity contribution in [2.24, 2.45) is 5.92 Å². The number of piperidine rings is 1. The fourth-order valence-electron chi connectivity index (χ4n) is 2.22. The molecule has 2 bridgehead atoms. The van der Waals surface area contributed by atoms with Gasteiger partial charge in [0, 0.05) is 6.04 Å². The number of hydrogen-bond acceptors (Lipinski definition) is 2. The van der Waals surface area contributed by atoms with Crippen molar-refractivity contribution in [2.45, 2.75) is 30.7 Å². The van der Waals surface area contributed by atoms with Crippen LogP contribution in [0.5, 0.6) is 0 Å². The Morgan fingerprint density at radius 1 is 1.38 bits per heavy atom. The molecule has 1 heterocycles. The van der Waals surface area contributed by atoms with Crippen LogP contribution < -0.4 is 5.32 Å². The number of aliphatic hydroxyl groups is 1. The highest BCUT2D eigenvalue weighted by atomic mass is 35.5. The first-order valence-electron chi connectivity index (χ1n) is 3.96. The Labute approximate surface area is 79.9 Å². The molecular formula is C7H11ClF3NO. The van der Waals surface area contributed by atoms with Gasteiger partial charge in [-0.15, -0.1) is 12.4 Å². The van der Waals surface area contributed by atoms with Crippen molar-refractivity contribution in [3.63, 3.8) is 0 Å². The molecule has 0 spiro atoms. The Kier molecular flexibility index (Phi) is 2.56. The first-order valence-corrected chi connectivity index (χ1v) is 3.96. The van der Waals surface area contributed by atoms with E-state index in [1.807, 2.05) is 0 Å². The molecule has 0 aromatic carbocycles. The SMILES string of the molecule is Cl.OC1(C(F)(F)F)CC2CNC1C2. The second-order valence-corrected chi connectivity index (χ2v) is 3.69. The van der Waals surface area contributed by atoms with E-state index in [1.165, 1.54) is 0 Å². The van der Waals surface area contributed by atoms with Crippen LogP contribution in [-0.4, -0.2) is 29.5 Å². The number of hydrogen-bond donors (Lipinski definition) is 2. The highest BCUT2D eigenvalue weighted by Gasteiger charge is 2.64. The molecule has 1 saturated heterocycles. The highest BCUT2D eigenvalue weighted by Crippen LogP contribution is 2.48. The van der Waals surface area contributed by atoms with Crippen molar-refractivity contribution in [2.75, 3.05) is 6.54 Å². The maximum atomic E-state index is 12.3. The highest BCUT2D eigenvalue weighted by molar-refractivity contribution is 5.85. The molecule has 0 aromatic heterocycles. The van der Waals surface area contributed by atoms with Crippen LogP contribution in [0.15, 0.2) is 0 Å². The van der Waals surface area contributed by atoms with Gasteiger partial charge in [-0.05, 0) is 25.3 Å². The molecule has 0 aromatic rings. The van der Waals surface area contributed by atoms with Gasteiger partial charge in [-0.25, -0.2) is 0 Å². The van der Waals surface area contributed by atoms with Crippen molar-refractivity contribution < 1.29 is 18.3 Å². The average molecular weight is 218 g/mol. The fraction of sp³-hybridized carbons (Fsp3) is 1.00. The lowest BCUT2D eigenvalue weighted by Crippen LogP contribution is -2.57. The molecule has 78 valence electrons. The zero-order valence-electron chi connectivity index (χ0n) is 6.77. The van der Waals surface area contributed by atoms with Crippen molar-refractivity contribution in [3.05, 3.63) is 0 Å². The van der Waals surface area contributed by atoms with Gasteiger partial charge < -0.3 is 10.4 Å². The zero-order valence-corrected chi connectivity index (χ0v) is 7.58. The van der Waals surface area contributed by atoms with Gasteiger partial charge in [0.1, 0.15) is 0 Å². The number of rotatable bonds is 0. The van der Waals surface area contributed by atoms with Crippen LogP contribution in [0.3, 0.4) is 0 Å². The Morgan fingerprint density at radius 3 is 2.23 bits per heavy atom. The molecule has 2 nitrogen and oxygen atoms in total. The minimum absolute atomic E-state index is 0. The topological polar surface area (TPSA) is 32.3 Å². The van der Waals surface area contributed by atoms with Gasteiger partial charge in [0.2, 0.25) is 0 Å². The predicted octanol–water partition coefficient (Wildman–Crippen LogP) is 1.08. The number of fused-ring (bicyclic) bond motifs is 2. The summed E-state index contributed by atoms with van der Waals surface area (Å²) in [4.78, 5) is 0. The third kappa shape index (κ3) is 1.43. The largest absolute Gasteiger partial charge is 0.418 e. The van der Waals surface area contributed by atoms with E-state index in [9.17, 15) is 18.3 Å². The molecule has 1 aliphatic heterocycles. The summed E-state index contributed by atoms with van der Waals surface area (Å²) in [6.45, 7) is 0.614. The maximum absolute atomic E-state index is 12.3. The zero-order chi connectivity index (χ0) is 8.98. The van der Waals surface area contributed by atoms with Gasteiger partial charge in [-0.3, -0.25) is 0 Å². The van der Waals surface area contributed by atoms with Crippen LogP contribution in [0.25, 0.3) is 0 Å². The summed E-state index contributed by atoms with van der Waals surface area (Å²) in [6.07, 6.45) is -4.16. The minimum Gasteiger partial charge on any atom is -0.379 e. The van der Waals surface area contributed by atoms with Crippen LogP contribution in [0.2, 0.25) is 0 Å². The summed E-state index contributed by atoms with van der Waals surface area (Å²) >= 11 is 0. The Balaban J connectivity index is 0.000000845. The van der Waals surface area contributed by atoms with E-state index in [0.29, 0.717) is 13.0 Å². The van der Waals surface area contributed by atoms with Gasteiger partial charge >= 0.3 is 6.18 Å². The number of halogens is 4. The van der Waals surface area contributed by atoms with Crippen molar-refractivity contribution in [1.29, 1.82) is 0 Å². The molecule has 0 radical (unpaired) electrons. The molecule has 6 heteroatoms. The van der Waals surface area contributed by atoms with Crippen LogP contribution in [-0.2, 0) is 0 Å². The maximum Gasteiger partial charge on any atom is 0.418 e. The number of nitrogens with one attached hydrogen (secondary N) is 1. The quantitative estimate of drug-likeness (QED) is 0.637.